The highest BCUT2D eigenvalue weighted by molar-refractivity contribution is 5.70. The van der Waals surface area contributed by atoms with Crippen molar-refractivity contribution in [3.63, 3.8) is 0 Å². The summed E-state index contributed by atoms with van der Waals surface area (Å²) in [7, 11) is 0. The van der Waals surface area contributed by atoms with Crippen LogP contribution >= 0.6 is 0 Å². The second-order valence-electron chi connectivity index (χ2n) is 5.99. The number of piperidine rings is 1. The maximum Gasteiger partial charge on any atom is 0.412 e. The molecule has 1 aromatic rings. The number of ether oxygens (including phenoxy) is 1. The van der Waals surface area contributed by atoms with E-state index in [-0.39, 0.29) is 6.09 Å². The van der Waals surface area contributed by atoms with Crippen molar-refractivity contribution in [2.45, 2.75) is 39.2 Å². The van der Waals surface area contributed by atoms with Gasteiger partial charge in [0.25, 0.3) is 0 Å². The van der Waals surface area contributed by atoms with Gasteiger partial charge in [-0.15, -0.1) is 0 Å². The summed E-state index contributed by atoms with van der Waals surface area (Å²) < 4.78 is 5.26. The van der Waals surface area contributed by atoms with Gasteiger partial charge in [0.2, 0.25) is 0 Å². The Morgan fingerprint density at radius 3 is 2.48 bits per heavy atom. The van der Waals surface area contributed by atoms with E-state index < -0.39 is 0 Å². The van der Waals surface area contributed by atoms with Crippen molar-refractivity contribution in [2.75, 3.05) is 19.6 Å². The lowest BCUT2D eigenvalue weighted by atomic mass is 9.99. The Kier molecular flexibility index (Phi) is 6.05. The Bertz CT molecular complexity index is 428. The van der Waals surface area contributed by atoms with Gasteiger partial charge >= 0.3 is 6.09 Å². The molecular weight excluding hydrogens is 264 g/mol. The minimum absolute atomic E-state index is 0.371. The van der Waals surface area contributed by atoms with E-state index in [2.05, 4.69) is 24.1 Å². The summed E-state index contributed by atoms with van der Waals surface area (Å²) in [5, 5.41) is 2.91. The first-order valence-electron chi connectivity index (χ1n) is 7.91. The SMILES string of the molecule is CC(C)C(CNC(=O)Oc1ccccc1)N1CCCCC1. The molecule has 1 atom stereocenters. The Morgan fingerprint density at radius 1 is 1.19 bits per heavy atom. The summed E-state index contributed by atoms with van der Waals surface area (Å²) in [6.07, 6.45) is 3.48. The summed E-state index contributed by atoms with van der Waals surface area (Å²) in [6.45, 7) is 7.34. The minimum atomic E-state index is -0.371. The Morgan fingerprint density at radius 2 is 1.86 bits per heavy atom. The quantitative estimate of drug-likeness (QED) is 0.905. The van der Waals surface area contributed by atoms with Crippen LogP contribution in [0.3, 0.4) is 0 Å². The van der Waals surface area contributed by atoms with E-state index in [1.165, 1.54) is 19.3 Å². The fourth-order valence-electron chi connectivity index (χ4n) is 2.86. The lowest BCUT2D eigenvalue weighted by molar-refractivity contribution is 0.124. The summed E-state index contributed by atoms with van der Waals surface area (Å²) >= 11 is 0. The number of likely N-dealkylation sites (tertiary alicyclic amines) is 1. The number of amides is 1. The zero-order chi connectivity index (χ0) is 15.1. The second-order valence-corrected chi connectivity index (χ2v) is 5.99. The van der Waals surface area contributed by atoms with E-state index in [1.54, 1.807) is 12.1 Å². The van der Waals surface area contributed by atoms with Gasteiger partial charge in [0, 0.05) is 12.6 Å². The van der Waals surface area contributed by atoms with Crippen LogP contribution in [-0.4, -0.2) is 36.7 Å². The third-order valence-electron chi connectivity index (χ3n) is 4.04. The van der Waals surface area contributed by atoms with Crippen molar-refractivity contribution >= 4 is 6.09 Å². The van der Waals surface area contributed by atoms with E-state index in [4.69, 9.17) is 4.74 Å². The molecule has 1 fully saturated rings. The number of hydrogen-bond donors (Lipinski definition) is 1. The number of nitrogens with one attached hydrogen (secondary N) is 1. The zero-order valence-corrected chi connectivity index (χ0v) is 13.0. The molecule has 0 spiro atoms. The third-order valence-corrected chi connectivity index (χ3v) is 4.04. The molecule has 0 bridgehead atoms. The monoisotopic (exact) mass is 290 g/mol. The molecule has 1 aliphatic heterocycles. The summed E-state index contributed by atoms with van der Waals surface area (Å²) in [6, 6.07) is 9.55. The van der Waals surface area contributed by atoms with Crippen molar-refractivity contribution < 1.29 is 9.53 Å². The normalized spacial score (nSPS) is 17.5. The second kappa shape index (κ2) is 8.03. The van der Waals surface area contributed by atoms with Crippen LogP contribution in [0.2, 0.25) is 0 Å². The summed E-state index contributed by atoms with van der Waals surface area (Å²) in [5.74, 6) is 1.09. The number of benzene rings is 1. The minimum Gasteiger partial charge on any atom is -0.410 e. The smallest absolute Gasteiger partial charge is 0.410 e. The van der Waals surface area contributed by atoms with Crippen molar-refractivity contribution in [1.29, 1.82) is 0 Å². The molecule has 1 saturated heterocycles. The number of para-hydroxylation sites is 1. The van der Waals surface area contributed by atoms with Gasteiger partial charge in [-0.05, 0) is 44.0 Å². The van der Waals surface area contributed by atoms with Crippen LogP contribution in [0.5, 0.6) is 5.75 Å². The molecule has 1 unspecified atom stereocenters. The van der Waals surface area contributed by atoms with Crippen LogP contribution in [0, 0.1) is 5.92 Å². The van der Waals surface area contributed by atoms with Gasteiger partial charge in [-0.3, -0.25) is 4.90 Å². The van der Waals surface area contributed by atoms with Crippen LogP contribution in [-0.2, 0) is 0 Å². The standard InChI is InChI=1S/C17H26N2O2/c1-14(2)16(19-11-7-4-8-12-19)13-18-17(20)21-15-9-5-3-6-10-15/h3,5-6,9-10,14,16H,4,7-8,11-13H2,1-2H3,(H,18,20). The summed E-state index contributed by atoms with van der Waals surface area (Å²) in [5.41, 5.74) is 0. The molecule has 4 heteroatoms. The first-order valence-corrected chi connectivity index (χ1v) is 7.91. The van der Waals surface area contributed by atoms with Crippen LogP contribution in [0.25, 0.3) is 0 Å². The number of nitrogens with zero attached hydrogens (tertiary/aromatic N) is 1. The Balaban J connectivity index is 1.82. The lowest BCUT2D eigenvalue weighted by Gasteiger charge is -2.36. The lowest BCUT2D eigenvalue weighted by Crippen LogP contribution is -2.49. The Labute approximate surface area is 127 Å². The molecule has 21 heavy (non-hydrogen) atoms. The number of carbonyl (C=O) groups is 1. The van der Waals surface area contributed by atoms with E-state index in [0.717, 1.165) is 13.1 Å². The van der Waals surface area contributed by atoms with Crippen LogP contribution in [0.15, 0.2) is 30.3 Å². The third kappa shape index (κ3) is 5.05. The average Bonchev–Trinajstić information content (AvgIpc) is 2.49. The van der Waals surface area contributed by atoms with Gasteiger partial charge in [-0.1, -0.05) is 38.5 Å². The van der Waals surface area contributed by atoms with Gasteiger partial charge in [0.15, 0.2) is 0 Å². The predicted molar refractivity (Wildman–Crippen MR) is 84.5 cm³/mol. The van der Waals surface area contributed by atoms with E-state index in [9.17, 15) is 4.79 Å². The number of hydrogen-bond acceptors (Lipinski definition) is 3. The zero-order valence-electron chi connectivity index (χ0n) is 13.0. The molecule has 2 rings (SSSR count). The fourth-order valence-corrected chi connectivity index (χ4v) is 2.86. The first-order chi connectivity index (χ1) is 10.2. The summed E-state index contributed by atoms with van der Waals surface area (Å²) in [4.78, 5) is 14.4. The molecule has 1 aliphatic rings. The molecule has 1 aromatic carbocycles. The van der Waals surface area contributed by atoms with Crippen molar-refractivity contribution in [3.05, 3.63) is 30.3 Å². The average molecular weight is 290 g/mol. The van der Waals surface area contributed by atoms with Gasteiger partial charge < -0.3 is 10.1 Å². The van der Waals surface area contributed by atoms with Crippen LogP contribution in [0.1, 0.15) is 33.1 Å². The highest BCUT2D eigenvalue weighted by atomic mass is 16.6. The van der Waals surface area contributed by atoms with Gasteiger partial charge in [0.1, 0.15) is 5.75 Å². The topological polar surface area (TPSA) is 41.6 Å². The highest BCUT2D eigenvalue weighted by Crippen LogP contribution is 2.17. The van der Waals surface area contributed by atoms with Gasteiger partial charge in [-0.25, -0.2) is 4.79 Å². The molecule has 1 heterocycles. The van der Waals surface area contributed by atoms with Crippen LogP contribution in [0.4, 0.5) is 4.79 Å². The van der Waals surface area contributed by atoms with Gasteiger partial charge in [0.05, 0.1) is 0 Å². The fraction of sp³-hybridized carbons (Fsp3) is 0.588. The van der Waals surface area contributed by atoms with E-state index in [1.807, 2.05) is 18.2 Å². The van der Waals surface area contributed by atoms with Crippen molar-refractivity contribution in [3.8, 4) is 5.75 Å². The molecular formula is C17H26N2O2. The molecule has 0 saturated carbocycles. The largest absolute Gasteiger partial charge is 0.412 e. The van der Waals surface area contributed by atoms with E-state index >= 15 is 0 Å². The van der Waals surface area contributed by atoms with Crippen molar-refractivity contribution in [2.24, 2.45) is 5.92 Å². The van der Waals surface area contributed by atoms with Crippen LogP contribution < -0.4 is 10.1 Å². The molecule has 1 N–H and O–H groups in total. The molecule has 1 amide bonds. The highest BCUT2D eigenvalue weighted by Gasteiger charge is 2.24. The maximum atomic E-state index is 11.9. The van der Waals surface area contributed by atoms with Crippen molar-refractivity contribution in [1.82, 2.24) is 10.2 Å². The first kappa shape index (κ1) is 15.8. The Hall–Kier alpha value is -1.55. The van der Waals surface area contributed by atoms with Gasteiger partial charge in [-0.2, -0.15) is 0 Å². The molecule has 0 aliphatic carbocycles. The molecule has 4 nitrogen and oxygen atoms in total. The number of rotatable bonds is 5. The maximum absolute atomic E-state index is 11.9. The predicted octanol–water partition coefficient (Wildman–Crippen LogP) is 3.29. The molecule has 0 radical (unpaired) electrons. The number of carbonyl (C=O) groups excluding carboxylic acids is 1. The van der Waals surface area contributed by atoms with E-state index in [0.29, 0.717) is 24.3 Å². The molecule has 116 valence electrons. The molecule has 0 aromatic heterocycles.